The first-order valence-electron chi connectivity index (χ1n) is 8.52. The molecule has 0 radical (unpaired) electrons. The number of carbonyl (C=O) groups excluding carboxylic acids is 2. The number of aryl methyl sites for hydroxylation is 1. The van der Waals surface area contributed by atoms with E-state index in [1.54, 1.807) is 61.5 Å². The summed E-state index contributed by atoms with van der Waals surface area (Å²) in [5.74, 6) is -1.13. The largest absolute Gasteiger partial charge is 0.507 e. The molecule has 1 aromatic heterocycles. The van der Waals surface area contributed by atoms with E-state index in [1.165, 1.54) is 4.90 Å². The number of aliphatic hydroxyl groups excluding tert-OH is 1. The molecular weight excluding hydrogens is 380 g/mol. The van der Waals surface area contributed by atoms with E-state index >= 15 is 0 Å². The van der Waals surface area contributed by atoms with Crippen molar-refractivity contribution in [1.82, 2.24) is 5.16 Å². The topological polar surface area (TPSA) is 83.6 Å². The second-order valence-electron chi connectivity index (χ2n) is 6.38. The lowest BCUT2D eigenvalue weighted by Crippen LogP contribution is -2.29. The minimum Gasteiger partial charge on any atom is -0.507 e. The number of halogens is 1. The first-order chi connectivity index (χ1) is 13.5. The van der Waals surface area contributed by atoms with Gasteiger partial charge in [0.1, 0.15) is 11.5 Å². The van der Waals surface area contributed by atoms with Crippen molar-refractivity contribution in [3.05, 3.63) is 88.1 Å². The van der Waals surface area contributed by atoms with Crippen LogP contribution < -0.4 is 4.90 Å². The van der Waals surface area contributed by atoms with Crippen LogP contribution in [0.2, 0.25) is 5.02 Å². The van der Waals surface area contributed by atoms with Crippen LogP contribution >= 0.6 is 11.6 Å². The van der Waals surface area contributed by atoms with Crippen LogP contribution in [-0.2, 0) is 9.59 Å². The van der Waals surface area contributed by atoms with Gasteiger partial charge in [-0.2, -0.15) is 0 Å². The van der Waals surface area contributed by atoms with Gasteiger partial charge >= 0.3 is 5.91 Å². The summed E-state index contributed by atoms with van der Waals surface area (Å²) in [5, 5.41) is 15.3. The van der Waals surface area contributed by atoms with Crippen LogP contribution in [0.1, 0.15) is 22.9 Å². The summed E-state index contributed by atoms with van der Waals surface area (Å²) in [6.45, 7) is 1.69. The highest BCUT2D eigenvalue weighted by Crippen LogP contribution is 2.41. The number of hydrogen-bond acceptors (Lipinski definition) is 5. The van der Waals surface area contributed by atoms with Gasteiger partial charge in [0.05, 0.1) is 11.6 Å². The molecule has 28 heavy (non-hydrogen) atoms. The zero-order valence-electron chi connectivity index (χ0n) is 14.8. The zero-order valence-corrected chi connectivity index (χ0v) is 15.6. The molecule has 1 aliphatic rings. The molecule has 0 saturated carbocycles. The molecule has 1 aliphatic heterocycles. The minimum atomic E-state index is -0.832. The Kier molecular flexibility index (Phi) is 4.49. The van der Waals surface area contributed by atoms with E-state index in [9.17, 15) is 14.7 Å². The predicted octanol–water partition coefficient (Wildman–Crippen LogP) is 4.26. The maximum Gasteiger partial charge on any atom is 0.301 e. The molecule has 2 heterocycles. The first-order valence-corrected chi connectivity index (χ1v) is 8.90. The van der Waals surface area contributed by atoms with Gasteiger partial charge in [0, 0.05) is 16.7 Å². The number of aliphatic hydroxyl groups is 1. The van der Waals surface area contributed by atoms with Gasteiger partial charge in [-0.25, -0.2) is 0 Å². The van der Waals surface area contributed by atoms with Crippen LogP contribution in [0.3, 0.4) is 0 Å². The maximum absolute atomic E-state index is 12.9. The van der Waals surface area contributed by atoms with E-state index in [0.29, 0.717) is 21.9 Å². The highest BCUT2D eigenvalue weighted by Gasteiger charge is 2.48. The van der Waals surface area contributed by atoms with Crippen LogP contribution in [0.15, 0.2) is 70.8 Å². The average Bonchev–Trinajstić information content (AvgIpc) is 3.24. The summed E-state index contributed by atoms with van der Waals surface area (Å²) in [6, 6.07) is 16.1. The summed E-state index contributed by atoms with van der Waals surface area (Å²) in [4.78, 5) is 26.9. The van der Waals surface area contributed by atoms with Crippen molar-refractivity contribution in [2.24, 2.45) is 0 Å². The number of rotatable bonds is 3. The van der Waals surface area contributed by atoms with E-state index in [0.717, 1.165) is 0 Å². The smallest absolute Gasteiger partial charge is 0.301 e. The molecule has 2 aromatic carbocycles. The molecule has 7 heteroatoms. The number of nitrogens with zero attached hydrogens (tertiary/aromatic N) is 2. The van der Waals surface area contributed by atoms with Crippen LogP contribution in [0.25, 0.3) is 5.76 Å². The van der Waals surface area contributed by atoms with Crippen molar-refractivity contribution < 1.29 is 19.2 Å². The SMILES string of the molecule is Cc1cc(N2C(=O)C(=O)C(=C(O)c3ccc(Cl)cc3)C2c2ccccc2)no1. The number of hydrogen-bond donors (Lipinski definition) is 1. The third-order valence-electron chi connectivity index (χ3n) is 4.54. The van der Waals surface area contributed by atoms with Gasteiger partial charge in [0.2, 0.25) is 0 Å². The van der Waals surface area contributed by atoms with Crippen molar-refractivity contribution >= 4 is 34.9 Å². The molecule has 0 spiro atoms. The fraction of sp³-hybridized carbons (Fsp3) is 0.0952. The van der Waals surface area contributed by atoms with E-state index in [4.69, 9.17) is 16.1 Å². The number of amides is 1. The van der Waals surface area contributed by atoms with Gasteiger partial charge in [-0.05, 0) is 36.8 Å². The Balaban J connectivity index is 1.93. The molecule has 1 fully saturated rings. The van der Waals surface area contributed by atoms with Gasteiger partial charge in [-0.1, -0.05) is 47.1 Å². The summed E-state index contributed by atoms with van der Waals surface area (Å²) in [7, 11) is 0. The fourth-order valence-corrected chi connectivity index (χ4v) is 3.38. The molecule has 3 aromatic rings. The molecule has 4 rings (SSSR count). The minimum absolute atomic E-state index is 0.0147. The monoisotopic (exact) mass is 394 g/mol. The Morgan fingerprint density at radius 2 is 1.79 bits per heavy atom. The molecule has 1 unspecified atom stereocenters. The number of anilines is 1. The highest BCUT2D eigenvalue weighted by atomic mass is 35.5. The third-order valence-corrected chi connectivity index (χ3v) is 4.79. The molecule has 0 bridgehead atoms. The van der Waals surface area contributed by atoms with Crippen molar-refractivity contribution in [2.45, 2.75) is 13.0 Å². The Morgan fingerprint density at radius 1 is 1.11 bits per heavy atom. The zero-order chi connectivity index (χ0) is 19.8. The number of ketones is 1. The second-order valence-corrected chi connectivity index (χ2v) is 6.82. The molecule has 0 aliphatic carbocycles. The Hall–Kier alpha value is -3.38. The van der Waals surface area contributed by atoms with Crippen molar-refractivity contribution in [2.75, 3.05) is 4.90 Å². The fourth-order valence-electron chi connectivity index (χ4n) is 3.25. The molecule has 140 valence electrons. The van der Waals surface area contributed by atoms with Crippen LogP contribution in [0.4, 0.5) is 5.82 Å². The molecule has 6 nitrogen and oxygen atoms in total. The molecule has 1 N–H and O–H groups in total. The van der Waals surface area contributed by atoms with Crippen molar-refractivity contribution in [1.29, 1.82) is 0 Å². The van der Waals surface area contributed by atoms with Crippen molar-refractivity contribution in [3.8, 4) is 0 Å². The average molecular weight is 395 g/mol. The summed E-state index contributed by atoms with van der Waals surface area (Å²) < 4.78 is 5.09. The van der Waals surface area contributed by atoms with E-state index < -0.39 is 17.7 Å². The van der Waals surface area contributed by atoms with Gasteiger partial charge in [0.25, 0.3) is 5.78 Å². The number of Topliss-reactive ketones (excluding diaryl/α,β-unsaturated/α-hetero) is 1. The van der Waals surface area contributed by atoms with Crippen molar-refractivity contribution in [3.63, 3.8) is 0 Å². The van der Waals surface area contributed by atoms with Crippen LogP contribution in [0.5, 0.6) is 0 Å². The van der Waals surface area contributed by atoms with E-state index in [1.807, 2.05) is 6.07 Å². The Labute approximate surface area is 165 Å². The van der Waals surface area contributed by atoms with Crippen LogP contribution in [0, 0.1) is 6.92 Å². The van der Waals surface area contributed by atoms with Gasteiger partial charge in [-0.15, -0.1) is 0 Å². The lowest BCUT2D eigenvalue weighted by atomic mass is 9.95. The quantitative estimate of drug-likeness (QED) is 0.407. The molecule has 1 amide bonds. The van der Waals surface area contributed by atoms with E-state index in [-0.39, 0.29) is 17.2 Å². The highest BCUT2D eigenvalue weighted by molar-refractivity contribution is 6.51. The van der Waals surface area contributed by atoms with Crippen LogP contribution in [-0.4, -0.2) is 22.0 Å². The Morgan fingerprint density at radius 3 is 2.39 bits per heavy atom. The summed E-state index contributed by atoms with van der Waals surface area (Å²) in [5.41, 5.74) is 1.04. The summed E-state index contributed by atoms with van der Waals surface area (Å²) >= 11 is 5.91. The lowest BCUT2D eigenvalue weighted by molar-refractivity contribution is -0.132. The number of carbonyl (C=O) groups is 2. The van der Waals surface area contributed by atoms with Gasteiger partial charge < -0.3 is 9.63 Å². The normalized spacial score (nSPS) is 18.6. The lowest BCUT2D eigenvalue weighted by Gasteiger charge is -2.22. The summed E-state index contributed by atoms with van der Waals surface area (Å²) in [6.07, 6.45) is 0. The standard InChI is InChI=1S/C21H15ClN2O4/c1-12-11-16(23-28-12)24-18(13-5-3-2-4-6-13)17(20(26)21(24)27)19(25)14-7-9-15(22)10-8-14/h2-11,18,25H,1H3. The third kappa shape index (κ3) is 2.97. The second kappa shape index (κ2) is 6.98. The van der Waals surface area contributed by atoms with E-state index in [2.05, 4.69) is 5.16 Å². The predicted molar refractivity (Wildman–Crippen MR) is 104 cm³/mol. The molecule has 1 atom stereocenters. The first kappa shape index (κ1) is 18.0. The maximum atomic E-state index is 12.9. The number of benzene rings is 2. The molecular formula is C21H15ClN2O4. The van der Waals surface area contributed by atoms with Gasteiger partial charge in [0.15, 0.2) is 5.82 Å². The molecule has 1 saturated heterocycles. The van der Waals surface area contributed by atoms with Gasteiger partial charge in [-0.3, -0.25) is 14.5 Å². The number of aromatic nitrogens is 1. The Bertz CT molecular complexity index is 1090.